The van der Waals surface area contributed by atoms with Gasteiger partial charge in [-0.05, 0) is 12.8 Å². The first-order valence-electron chi connectivity index (χ1n) is 3.70. The van der Waals surface area contributed by atoms with Crippen LogP contribution in [0.25, 0.3) is 0 Å². The molecule has 1 aliphatic rings. The highest BCUT2D eigenvalue weighted by Gasteiger charge is 2.22. The summed E-state index contributed by atoms with van der Waals surface area (Å²) in [5, 5.41) is 17.3. The lowest BCUT2D eigenvalue weighted by Crippen LogP contribution is -2.11. The summed E-state index contributed by atoms with van der Waals surface area (Å²) in [4.78, 5) is 0. The fraction of sp³-hybridized carbons (Fsp3) is 1.00. The summed E-state index contributed by atoms with van der Waals surface area (Å²) in [5.41, 5.74) is 0. The summed E-state index contributed by atoms with van der Waals surface area (Å²) in [6.45, 7) is 1.04. The smallest absolute Gasteiger partial charge is 0.0810 e. The number of epoxide rings is 1. The van der Waals surface area contributed by atoms with Crippen molar-refractivity contribution in [1.82, 2.24) is 0 Å². The third-order valence-corrected chi connectivity index (χ3v) is 1.82. The van der Waals surface area contributed by atoms with Gasteiger partial charge in [-0.3, -0.25) is 0 Å². The number of aliphatic hydroxyl groups excluding tert-OH is 2. The number of hydrogen-bond donors (Lipinski definition) is 2. The molecular weight excluding hydrogens is 132 g/mol. The summed E-state index contributed by atoms with van der Waals surface area (Å²) in [6, 6.07) is 0. The van der Waals surface area contributed by atoms with Crippen LogP contribution >= 0.6 is 0 Å². The van der Waals surface area contributed by atoms with Crippen LogP contribution < -0.4 is 0 Å². The Bertz CT molecular complexity index is 86.9. The fourth-order valence-electron chi connectivity index (χ4n) is 0.897. The molecule has 0 bridgehead atoms. The molecule has 0 amide bonds. The molecule has 0 aromatic heterocycles. The monoisotopic (exact) mass is 146 g/mol. The average Bonchev–Trinajstić information content (AvgIpc) is 2.74. The van der Waals surface area contributed by atoms with Gasteiger partial charge in [-0.2, -0.15) is 0 Å². The van der Waals surface area contributed by atoms with Crippen molar-refractivity contribution in [2.75, 3.05) is 19.8 Å². The Balaban J connectivity index is 1.97. The van der Waals surface area contributed by atoms with E-state index >= 15 is 0 Å². The third-order valence-electron chi connectivity index (χ3n) is 1.82. The zero-order valence-corrected chi connectivity index (χ0v) is 5.99. The maximum atomic E-state index is 8.66. The SMILES string of the molecule is OCC(CO)CCC1CO1. The van der Waals surface area contributed by atoms with Crippen molar-refractivity contribution in [1.29, 1.82) is 0 Å². The first kappa shape index (κ1) is 7.98. The van der Waals surface area contributed by atoms with Crippen molar-refractivity contribution in [3.05, 3.63) is 0 Å². The Morgan fingerprint density at radius 1 is 1.40 bits per heavy atom. The predicted molar refractivity (Wildman–Crippen MR) is 36.6 cm³/mol. The molecule has 1 saturated heterocycles. The summed E-state index contributed by atoms with van der Waals surface area (Å²) in [7, 11) is 0. The van der Waals surface area contributed by atoms with Crippen LogP contribution in [-0.2, 0) is 4.74 Å². The number of ether oxygens (including phenoxy) is 1. The van der Waals surface area contributed by atoms with E-state index in [0.717, 1.165) is 19.4 Å². The fourth-order valence-corrected chi connectivity index (χ4v) is 0.897. The molecule has 3 heteroatoms. The second-order valence-corrected chi connectivity index (χ2v) is 2.76. The normalized spacial score (nSPS) is 23.7. The summed E-state index contributed by atoms with van der Waals surface area (Å²) >= 11 is 0. The van der Waals surface area contributed by atoms with Crippen molar-refractivity contribution < 1.29 is 14.9 Å². The van der Waals surface area contributed by atoms with Gasteiger partial charge in [-0.1, -0.05) is 0 Å². The standard InChI is InChI=1S/C7H14O3/c8-3-6(4-9)1-2-7-5-10-7/h6-9H,1-5H2. The minimum absolute atomic E-state index is 0.0594. The van der Waals surface area contributed by atoms with Crippen molar-refractivity contribution in [2.24, 2.45) is 5.92 Å². The second-order valence-electron chi connectivity index (χ2n) is 2.76. The van der Waals surface area contributed by atoms with Crippen molar-refractivity contribution in [3.8, 4) is 0 Å². The van der Waals surface area contributed by atoms with E-state index in [2.05, 4.69) is 0 Å². The maximum Gasteiger partial charge on any atom is 0.0810 e. The molecule has 1 heterocycles. The quantitative estimate of drug-likeness (QED) is 0.527. The Labute approximate surface area is 60.6 Å². The number of rotatable bonds is 5. The van der Waals surface area contributed by atoms with Crippen LogP contribution in [0.4, 0.5) is 0 Å². The van der Waals surface area contributed by atoms with Crippen LogP contribution in [0.15, 0.2) is 0 Å². The van der Waals surface area contributed by atoms with Gasteiger partial charge >= 0.3 is 0 Å². The Morgan fingerprint density at radius 2 is 2.00 bits per heavy atom. The highest BCUT2D eigenvalue weighted by molar-refractivity contribution is 4.70. The van der Waals surface area contributed by atoms with Gasteiger partial charge in [0.2, 0.25) is 0 Å². The molecule has 1 rings (SSSR count). The maximum absolute atomic E-state index is 8.66. The molecule has 1 fully saturated rings. The van der Waals surface area contributed by atoms with E-state index in [4.69, 9.17) is 14.9 Å². The molecule has 10 heavy (non-hydrogen) atoms. The minimum Gasteiger partial charge on any atom is -0.396 e. The molecule has 0 radical (unpaired) electrons. The van der Waals surface area contributed by atoms with Crippen LogP contribution in [-0.4, -0.2) is 36.1 Å². The zero-order chi connectivity index (χ0) is 7.40. The van der Waals surface area contributed by atoms with Gasteiger partial charge < -0.3 is 14.9 Å². The molecule has 3 nitrogen and oxygen atoms in total. The molecule has 1 aliphatic heterocycles. The first-order chi connectivity index (χ1) is 4.86. The Hall–Kier alpha value is -0.120. The lowest BCUT2D eigenvalue weighted by Gasteiger charge is -2.07. The lowest BCUT2D eigenvalue weighted by molar-refractivity contribution is 0.140. The van der Waals surface area contributed by atoms with E-state index in [0.29, 0.717) is 6.10 Å². The van der Waals surface area contributed by atoms with Crippen molar-refractivity contribution >= 4 is 0 Å². The zero-order valence-electron chi connectivity index (χ0n) is 5.99. The van der Waals surface area contributed by atoms with Crippen LogP contribution in [0.2, 0.25) is 0 Å². The highest BCUT2D eigenvalue weighted by atomic mass is 16.6. The topological polar surface area (TPSA) is 53.0 Å². The van der Waals surface area contributed by atoms with Gasteiger partial charge in [-0.25, -0.2) is 0 Å². The van der Waals surface area contributed by atoms with E-state index in [1.165, 1.54) is 0 Å². The molecule has 2 N–H and O–H groups in total. The van der Waals surface area contributed by atoms with Crippen LogP contribution in [0.1, 0.15) is 12.8 Å². The molecular formula is C7H14O3. The predicted octanol–water partition coefficient (Wildman–Crippen LogP) is -0.234. The molecule has 0 aromatic carbocycles. The lowest BCUT2D eigenvalue weighted by atomic mass is 10.0. The van der Waals surface area contributed by atoms with E-state index in [-0.39, 0.29) is 19.1 Å². The van der Waals surface area contributed by atoms with E-state index in [1.54, 1.807) is 0 Å². The highest BCUT2D eigenvalue weighted by Crippen LogP contribution is 2.18. The second kappa shape index (κ2) is 3.91. The minimum atomic E-state index is 0.0594. The van der Waals surface area contributed by atoms with E-state index in [1.807, 2.05) is 0 Å². The van der Waals surface area contributed by atoms with Crippen molar-refractivity contribution in [2.45, 2.75) is 18.9 Å². The Kier molecular flexibility index (Phi) is 3.12. The van der Waals surface area contributed by atoms with E-state index in [9.17, 15) is 0 Å². The van der Waals surface area contributed by atoms with Gasteiger partial charge in [0, 0.05) is 19.1 Å². The molecule has 1 atom stereocenters. The summed E-state index contributed by atoms with van der Waals surface area (Å²) in [6.07, 6.45) is 2.27. The van der Waals surface area contributed by atoms with Crippen LogP contribution in [0, 0.1) is 5.92 Å². The van der Waals surface area contributed by atoms with Gasteiger partial charge in [0.05, 0.1) is 12.7 Å². The number of aliphatic hydroxyl groups is 2. The molecule has 0 saturated carbocycles. The van der Waals surface area contributed by atoms with Crippen LogP contribution in [0.5, 0.6) is 0 Å². The molecule has 0 aromatic rings. The van der Waals surface area contributed by atoms with E-state index < -0.39 is 0 Å². The first-order valence-corrected chi connectivity index (χ1v) is 3.70. The summed E-state index contributed by atoms with van der Waals surface area (Å²) in [5.74, 6) is 0.0594. The Morgan fingerprint density at radius 3 is 2.40 bits per heavy atom. The average molecular weight is 146 g/mol. The van der Waals surface area contributed by atoms with Gasteiger partial charge in [0.25, 0.3) is 0 Å². The third kappa shape index (κ3) is 2.64. The van der Waals surface area contributed by atoms with Gasteiger partial charge in [0.1, 0.15) is 0 Å². The molecule has 60 valence electrons. The van der Waals surface area contributed by atoms with Crippen LogP contribution in [0.3, 0.4) is 0 Å². The molecule has 0 spiro atoms. The van der Waals surface area contributed by atoms with Gasteiger partial charge in [0.15, 0.2) is 0 Å². The molecule has 0 aliphatic carbocycles. The largest absolute Gasteiger partial charge is 0.396 e. The summed E-state index contributed by atoms with van der Waals surface area (Å²) < 4.78 is 4.98. The van der Waals surface area contributed by atoms with Crippen molar-refractivity contribution in [3.63, 3.8) is 0 Å². The molecule has 1 unspecified atom stereocenters. The van der Waals surface area contributed by atoms with Gasteiger partial charge in [-0.15, -0.1) is 0 Å². The number of hydrogen-bond acceptors (Lipinski definition) is 3.